The number of aromatic amines is 1. The molecule has 0 fully saturated rings. The number of carbonyl (C=O) groups is 1. The van der Waals surface area contributed by atoms with Gasteiger partial charge in [0.05, 0.1) is 13.5 Å². The van der Waals surface area contributed by atoms with Gasteiger partial charge in [0.15, 0.2) is 5.75 Å². The van der Waals surface area contributed by atoms with Gasteiger partial charge >= 0.3 is 12.3 Å². The number of esters is 1. The van der Waals surface area contributed by atoms with Crippen LogP contribution in [0.15, 0.2) is 11.0 Å². The molecule has 1 rings (SSSR count). The van der Waals surface area contributed by atoms with Crippen molar-refractivity contribution in [1.82, 2.24) is 4.98 Å². The van der Waals surface area contributed by atoms with E-state index in [1.807, 2.05) is 0 Å². The van der Waals surface area contributed by atoms with E-state index in [1.54, 1.807) is 0 Å². The monoisotopic (exact) mass is 299 g/mol. The lowest BCUT2D eigenvalue weighted by Crippen LogP contribution is -2.25. The van der Waals surface area contributed by atoms with Gasteiger partial charge in [-0.2, -0.15) is 0 Å². The van der Waals surface area contributed by atoms with Crippen LogP contribution in [-0.4, -0.2) is 24.4 Å². The van der Waals surface area contributed by atoms with E-state index in [9.17, 15) is 22.8 Å². The molecule has 0 bridgehead atoms. The first-order chi connectivity index (χ1) is 8.78. The first-order valence-electron chi connectivity index (χ1n) is 4.90. The Morgan fingerprint density at radius 3 is 2.58 bits per heavy atom. The summed E-state index contributed by atoms with van der Waals surface area (Å²) >= 11 is 5.54. The first-order valence-corrected chi connectivity index (χ1v) is 5.44. The molecule has 0 aliphatic heterocycles. The number of ether oxygens (including phenoxy) is 2. The molecule has 0 spiro atoms. The van der Waals surface area contributed by atoms with Crippen molar-refractivity contribution in [2.45, 2.75) is 18.7 Å². The van der Waals surface area contributed by atoms with E-state index in [4.69, 9.17) is 11.6 Å². The number of pyridine rings is 1. The number of nitrogens with one attached hydrogen (secondary N) is 1. The summed E-state index contributed by atoms with van der Waals surface area (Å²) < 4.78 is 44.7. The Kier molecular flexibility index (Phi) is 4.82. The maximum Gasteiger partial charge on any atom is 0.573 e. The smallest absolute Gasteiger partial charge is 0.469 e. The highest BCUT2D eigenvalue weighted by atomic mass is 35.5. The van der Waals surface area contributed by atoms with Gasteiger partial charge in [-0.1, -0.05) is 0 Å². The van der Waals surface area contributed by atoms with Gasteiger partial charge in [0.25, 0.3) is 5.56 Å². The lowest BCUT2D eigenvalue weighted by molar-refractivity contribution is -0.275. The number of carbonyl (C=O) groups excluding carboxylic acids is 1. The van der Waals surface area contributed by atoms with Crippen LogP contribution < -0.4 is 10.3 Å². The van der Waals surface area contributed by atoms with E-state index >= 15 is 0 Å². The topological polar surface area (TPSA) is 68.4 Å². The molecule has 9 heteroatoms. The largest absolute Gasteiger partial charge is 0.573 e. The van der Waals surface area contributed by atoms with Crippen molar-refractivity contribution in [3.8, 4) is 5.75 Å². The molecule has 1 aromatic heterocycles. The van der Waals surface area contributed by atoms with E-state index in [2.05, 4.69) is 14.5 Å². The molecule has 5 nitrogen and oxygen atoms in total. The predicted octanol–water partition coefficient (Wildman–Crippen LogP) is 1.73. The fourth-order valence-corrected chi connectivity index (χ4v) is 1.58. The molecule has 0 saturated carbocycles. The van der Waals surface area contributed by atoms with Crippen molar-refractivity contribution in [2.24, 2.45) is 0 Å². The van der Waals surface area contributed by atoms with E-state index in [0.29, 0.717) is 0 Å². The lowest BCUT2D eigenvalue weighted by Gasteiger charge is -2.14. The number of methoxy groups -OCH3 is 1. The Labute approximate surface area is 110 Å². The fraction of sp³-hybridized carbons (Fsp3) is 0.400. The maximum absolute atomic E-state index is 12.2. The van der Waals surface area contributed by atoms with Crippen LogP contribution in [0.1, 0.15) is 11.1 Å². The van der Waals surface area contributed by atoms with E-state index in [1.165, 1.54) is 0 Å². The molecule has 106 valence electrons. The zero-order valence-electron chi connectivity index (χ0n) is 9.64. The molecule has 19 heavy (non-hydrogen) atoms. The average molecular weight is 300 g/mol. The molecular weight excluding hydrogens is 291 g/mol. The van der Waals surface area contributed by atoms with E-state index < -0.39 is 30.1 Å². The second-order valence-electron chi connectivity index (χ2n) is 3.39. The Balaban J connectivity index is 3.32. The minimum absolute atomic E-state index is 0.144. The summed E-state index contributed by atoms with van der Waals surface area (Å²) in [5.74, 6) is -2.02. The molecule has 0 aromatic carbocycles. The standard InChI is InChI=1S/C10H9ClF3NO4/c1-18-7(16)2-6-5(3-11)4-15-9(17)8(6)19-10(12,13)14/h4H,2-3H2,1H3,(H,15,17). The third-order valence-corrected chi connectivity index (χ3v) is 2.44. The van der Waals surface area contributed by atoms with Gasteiger partial charge in [-0.05, 0) is 5.56 Å². The maximum atomic E-state index is 12.2. The summed E-state index contributed by atoms with van der Waals surface area (Å²) in [5, 5.41) is 0. The number of halogens is 4. The molecule has 1 aromatic rings. The molecule has 0 atom stereocenters. The third kappa shape index (κ3) is 4.16. The van der Waals surface area contributed by atoms with E-state index in [-0.39, 0.29) is 17.0 Å². The van der Waals surface area contributed by atoms with Gasteiger partial charge < -0.3 is 14.5 Å². The number of hydrogen-bond donors (Lipinski definition) is 1. The summed E-state index contributed by atoms with van der Waals surface area (Å²) in [5.41, 5.74) is -1.21. The summed E-state index contributed by atoms with van der Waals surface area (Å²) in [6.45, 7) is 0. The van der Waals surface area contributed by atoms with Crippen LogP contribution in [-0.2, 0) is 21.8 Å². The van der Waals surface area contributed by atoms with Crippen LogP contribution in [0.2, 0.25) is 0 Å². The van der Waals surface area contributed by atoms with Gasteiger partial charge in [-0.3, -0.25) is 9.59 Å². The van der Waals surface area contributed by atoms with Crippen LogP contribution in [0, 0.1) is 0 Å². The molecule has 0 aliphatic rings. The summed E-state index contributed by atoms with van der Waals surface area (Å²) in [6.07, 6.45) is -4.48. The van der Waals surface area contributed by atoms with Crippen molar-refractivity contribution in [3.05, 3.63) is 27.7 Å². The van der Waals surface area contributed by atoms with Crippen molar-refractivity contribution < 1.29 is 27.4 Å². The Bertz CT molecular complexity index is 526. The van der Waals surface area contributed by atoms with Gasteiger partial charge in [-0.15, -0.1) is 24.8 Å². The number of rotatable bonds is 4. The molecule has 0 unspecified atom stereocenters. The molecule has 0 radical (unpaired) electrons. The number of hydrogen-bond acceptors (Lipinski definition) is 4. The van der Waals surface area contributed by atoms with Crippen molar-refractivity contribution in [1.29, 1.82) is 0 Å². The van der Waals surface area contributed by atoms with Gasteiger partial charge in [0.1, 0.15) is 0 Å². The van der Waals surface area contributed by atoms with Gasteiger partial charge in [0.2, 0.25) is 0 Å². The minimum atomic E-state index is -5.05. The predicted molar refractivity (Wildman–Crippen MR) is 59.0 cm³/mol. The average Bonchev–Trinajstić information content (AvgIpc) is 2.32. The molecule has 0 aliphatic carbocycles. The lowest BCUT2D eigenvalue weighted by atomic mass is 10.1. The zero-order valence-corrected chi connectivity index (χ0v) is 10.4. The van der Waals surface area contributed by atoms with Crippen LogP contribution in [0.25, 0.3) is 0 Å². The second kappa shape index (κ2) is 5.96. The first kappa shape index (κ1) is 15.4. The Hall–Kier alpha value is -1.70. The fourth-order valence-electron chi connectivity index (χ4n) is 1.34. The second-order valence-corrected chi connectivity index (χ2v) is 3.65. The Morgan fingerprint density at radius 2 is 2.11 bits per heavy atom. The number of aromatic nitrogens is 1. The summed E-state index contributed by atoms with van der Waals surface area (Å²) in [6, 6.07) is 0. The highest BCUT2D eigenvalue weighted by Gasteiger charge is 2.34. The van der Waals surface area contributed by atoms with Crippen molar-refractivity contribution in [2.75, 3.05) is 7.11 Å². The highest BCUT2D eigenvalue weighted by Crippen LogP contribution is 2.26. The molecule has 0 saturated heterocycles. The van der Waals surface area contributed by atoms with Crippen LogP contribution >= 0.6 is 11.6 Å². The summed E-state index contributed by atoms with van der Waals surface area (Å²) in [4.78, 5) is 24.6. The molecule has 1 heterocycles. The summed E-state index contributed by atoms with van der Waals surface area (Å²) in [7, 11) is 1.07. The van der Waals surface area contributed by atoms with Gasteiger partial charge in [0, 0.05) is 17.6 Å². The highest BCUT2D eigenvalue weighted by molar-refractivity contribution is 6.17. The SMILES string of the molecule is COC(=O)Cc1c(CCl)c[nH]c(=O)c1OC(F)(F)F. The normalized spacial score (nSPS) is 11.2. The van der Waals surface area contributed by atoms with Gasteiger partial charge in [-0.25, -0.2) is 0 Å². The molecule has 1 N–H and O–H groups in total. The number of H-pyrrole nitrogens is 1. The van der Waals surface area contributed by atoms with Crippen molar-refractivity contribution >= 4 is 17.6 Å². The van der Waals surface area contributed by atoms with Crippen LogP contribution in [0.3, 0.4) is 0 Å². The zero-order chi connectivity index (χ0) is 14.6. The quantitative estimate of drug-likeness (QED) is 0.679. The van der Waals surface area contributed by atoms with Crippen molar-refractivity contribution in [3.63, 3.8) is 0 Å². The number of alkyl halides is 4. The van der Waals surface area contributed by atoms with Crippen LogP contribution in [0.4, 0.5) is 13.2 Å². The van der Waals surface area contributed by atoms with E-state index in [0.717, 1.165) is 13.3 Å². The van der Waals surface area contributed by atoms with Crippen LogP contribution in [0.5, 0.6) is 5.75 Å². The molecule has 0 amide bonds. The molecular formula is C10H9ClF3NO4. The third-order valence-electron chi connectivity index (χ3n) is 2.16. The minimum Gasteiger partial charge on any atom is -0.469 e. The Morgan fingerprint density at radius 1 is 1.47 bits per heavy atom.